The van der Waals surface area contributed by atoms with Crippen LogP contribution in [0, 0.1) is 11.7 Å². The van der Waals surface area contributed by atoms with E-state index in [1.54, 1.807) is 16.7 Å². The number of rotatable bonds is 2. The Hall–Kier alpha value is -1.75. The summed E-state index contributed by atoms with van der Waals surface area (Å²) in [6, 6.07) is 4.48. The van der Waals surface area contributed by atoms with Crippen LogP contribution in [0.3, 0.4) is 0 Å². The molecule has 0 radical (unpaired) electrons. The molecule has 100 valence electrons. The fraction of sp³-hybridized carbons (Fsp3) is 0.429. The van der Waals surface area contributed by atoms with E-state index >= 15 is 0 Å². The van der Waals surface area contributed by atoms with E-state index in [0.29, 0.717) is 17.8 Å². The third-order valence-electron chi connectivity index (χ3n) is 3.60. The topological polar surface area (TPSA) is 44.1 Å². The maximum absolute atomic E-state index is 13.5. The van der Waals surface area contributed by atoms with Crippen molar-refractivity contribution in [3.63, 3.8) is 0 Å². The van der Waals surface area contributed by atoms with Crippen molar-refractivity contribution in [1.82, 2.24) is 9.55 Å². The Kier molecular flexibility index (Phi) is 3.29. The lowest BCUT2D eigenvalue weighted by molar-refractivity contribution is 0.0609. The van der Waals surface area contributed by atoms with E-state index in [1.807, 2.05) is 0 Å². The Labute approximate surface area is 109 Å². The van der Waals surface area contributed by atoms with Crippen LogP contribution in [-0.4, -0.2) is 22.8 Å². The van der Waals surface area contributed by atoms with E-state index in [4.69, 9.17) is 4.74 Å². The number of halogens is 1. The molecule has 5 heteroatoms. The predicted octanol–water partition coefficient (Wildman–Crippen LogP) is 1.96. The zero-order chi connectivity index (χ0) is 13.2. The van der Waals surface area contributed by atoms with Gasteiger partial charge in [-0.1, -0.05) is 6.07 Å². The van der Waals surface area contributed by atoms with Crippen molar-refractivity contribution >= 4 is 10.9 Å². The molecule has 2 aromatic rings. The maximum atomic E-state index is 13.5. The quantitative estimate of drug-likeness (QED) is 0.831. The van der Waals surface area contributed by atoms with E-state index in [1.165, 1.54) is 12.4 Å². The van der Waals surface area contributed by atoms with Gasteiger partial charge in [-0.15, -0.1) is 0 Å². The van der Waals surface area contributed by atoms with Gasteiger partial charge in [-0.3, -0.25) is 9.36 Å². The minimum Gasteiger partial charge on any atom is -0.381 e. The molecule has 0 bridgehead atoms. The average Bonchev–Trinajstić information content (AvgIpc) is 2.44. The Morgan fingerprint density at radius 1 is 1.37 bits per heavy atom. The first-order valence-corrected chi connectivity index (χ1v) is 6.47. The normalized spacial score (nSPS) is 16.9. The molecule has 0 aliphatic carbocycles. The molecule has 0 amide bonds. The van der Waals surface area contributed by atoms with Crippen molar-refractivity contribution in [2.24, 2.45) is 5.92 Å². The van der Waals surface area contributed by atoms with Gasteiger partial charge in [0, 0.05) is 19.8 Å². The molecule has 0 spiro atoms. The monoisotopic (exact) mass is 262 g/mol. The summed E-state index contributed by atoms with van der Waals surface area (Å²) in [5, 5.41) is 0.342. The van der Waals surface area contributed by atoms with Crippen molar-refractivity contribution in [3.05, 3.63) is 40.7 Å². The molecule has 0 unspecified atom stereocenters. The van der Waals surface area contributed by atoms with Crippen molar-refractivity contribution in [1.29, 1.82) is 0 Å². The highest BCUT2D eigenvalue weighted by molar-refractivity contribution is 5.77. The van der Waals surface area contributed by atoms with Crippen molar-refractivity contribution in [3.8, 4) is 0 Å². The van der Waals surface area contributed by atoms with Crippen LogP contribution in [-0.2, 0) is 11.3 Å². The lowest BCUT2D eigenvalue weighted by Crippen LogP contribution is -2.27. The fourth-order valence-corrected chi connectivity index (χ4v) is 2.49. The molecule has 0 saturated carbocycles. The molecular weight excluding hydrogens is 247 g/mol. The van der Waals surface area contributed by atoms with Gasteiger partial charge >= 0.3 is 0 Å². The van der Waals surface area contributed by atoms with Crippen molar-refractivity contribution in [2.75, 3.05) is 13.2 Å². The second-order valence-electron chi connectivity index (χ2n) is 4.89. The molecular formula is C14H15FN2O2. The van der Waals surface area contributed by atoms with Crippen molar-refractivity contribution in [2.45, 2.75) is 19.4 Å². The summed E-state index contributed by atoms with van der Waals surface area (Å²) < 4.78 is 20.4. The molecule has 1 aromatic heterocycles. The van der Waals surface area contributed by atoms with Gasteiger partial charge in [0.15, 0.2) is 0 Å². The first-order chi connectivity index (χ1) is 9.25. The van der Waals surface area contributed by atoms with Gasteiger partial charge in [-0.2, -0.15) is 0 Å². The Morgan fingerprint density at radius 3 is 2.95 bits per heavy atom. The third-order valence-corrected chi connectivity index (χ3v) is 3.60. The summed E-state index contributed by atoms with van der Waals surface area (Å²) in [4.78, 5) is 16.3. The van der Waals surface area contributed by atoms with Crippen LogP contribution in [0.2, 0.25) is 0 Å². The minimum atomic E-state index is -0.451. The molecule has 4 nitrogen and oxygen atoms in total. The smallest absolute Gasteiger partial charge is 0.261 e. The molecule has 1 aromatic carbocycles. The van der Waals surface area contributed by atoms with Crippen LogP contribution < -0.4 is 5.56 Å². The first-order valence-electron chi connectivity index (χ1n) is 6.47. The summed E-state index contributed by atoms with van der Waals surface area (Å²) in [6.07, 6.45) is 3.35. The number of hydrogen-bond acceptors (Lipinski definition) is 3. The zero-order valence-corrected chi connectivity index (χ0v) is 10.5. The number of aromatic nitrogens is 2. The highest BCUT2D eigenvalue weighted by atomic mass is 19.1. The molecule has 1 fully saturated rings. The van der Waals surface area contributed by atoms with Gasteiger partial charge in [0.05, 0.1) is 11.7 Å². The SMILES string of the molecule is O=c1c2cccc(F)c2ncn1CC1CCOCC1. The van der Waals surface area contributed by atoms with E-state index in [9.17, 15) is 9.18 Å². The van der Waals surface area contributed by atoms with Crippen LogP contribution in [0.5, 0.6) is 0 Å². The second-order valence-corrected chi connectivity index (χ2v) is 4.89. The largest absolute Gasteiger partial charge is 0.381 e. The molecule has 1 aliphatic heterocycles. The molecule has 1 aliphatic rings. The van der Waals surface area contributed by atoms with Gasteiger partial charge in [-0.25, -0.2) is 9.37 Å². The van der Waals surface area contributed by atoms with Gasteiger partial charge in [0.2, 0.25) is 0 Å². The lowest BCUT2D eigenvalue weighted by atomic mass is 10.0. The summed E-state index contributed by atoms with van der Waals surface area (Å²) >= 11 is 0. The molecule has 3 rings (SSSR count). The number of benzene rings is 1. The minimum absolute atomic E-state index is 0.149. The predicted molar refractivity (Wildman–Crippen MR) is 69.5 cm³/mol. The summed E-state index contributed by atoms with van der Waals surface area (Å²) in [7, 11) is 0. The Bertz CT molecular complexity index is 647. The van der Waals surface area contributed by atoms with Crippen LogP contribution in [0.4, 0.5) is 4.39 Å². The summed E-state index contributed by atoms with van der Waals surface area (Å²) in [5.41, 5.74) is -0.0216. The number of fused-ring (bicyclic) bond motifs is 1. The summed E-state index contributed by atoms with van der Waals surface area (Å²) in [5.74, 6) is -0.0212. The van der Waals surface area contributed by atoms with Crippen LogP contribution in [0.15, 0.2) is 29.3 Å². The second kappa shape index (κ2) is 5.09. The third kappa shape index (κ3) is 2.38. The van der Waals surface area contributed by atoms with Crippen LogP contribution in [0.1, 0.15) is 12.8 Å². The van der Waals surface area contributed by atoms with Gasteiger partial charge < -0.3 is 4.74 Å². The number of para-hydroxylation sites is 1. The van der Waals surface area contributed by atoms with Crippen molar-refractivity contribution < 1.29 is 9.13 Å². The maximum Gasteiger partial charge on any atom is 0.261 e. The number of hydrogen-bond donors (Lipinski definition) is 0. The molecule has 19 heavy (non-hydrogen) atoms. The van der Waals surface area contributed by atoms with Crippen LogP contribution in [0.25, 0.3) is 10.9 Å². The first kappa shape index (κ1) is 12.3. The molecule has 1 saturated heterocycles. The van der Waals surface area contributed by atoms with Gasteiger partial charge in [0.1, 0.15) is 11.3 Å². The standard InChI is InChI=1S/C14H15FN2O2/c15-12-3-1-2-11-13(12)16-9-17(14(11)18)8-10-4-6-19-7-5-10/h1-3,9-10H,4-8H2. The summed E-state index contributed by atoms with van der Waals surface area (Å²) in [6.45, 7) is 2.12. The van der Waals surface area contributed by atoms with E-state index in [0.717, 1.165) is 26.1 Å². The Balaban J connectivity index is 1.96. The Morgan fingerprint density at radius 2 is 2.16 bits per heavy atom. The fourth-order valence-electron chi connectivity index (χ4n) is 2.49. The highest BCUT2D eigenvalue weighted by Crippen LogP contribution is 2.17. The zero-order valence-electron chi connectivity index (χ0n) is 10.5. The lowest BCUT2D eigenvalue weighted by Gasteiger charge is -2.22. The van der Waals surface area contributed by atoms with E-state index in [-0.39, 0.29) is 11.1 Å². The molecule has 2 heterocycles. The van der Waals surface area contributed by atoms with Gasteiger partial charge in [-0.05, 0) is 30.9 Å². The number of nitrogens with zero attached hydrogens (tertiary/aromatic N) is 2. The molecule has 0 atom stereocenters. The average molecular weight is 262 g/mol. The highest BCUT2D eigenvalue weighted by Gasteiger charge is 2.16. The van der Waals surface area contributed by atoms with Gasteiger partial charge in [0.25, 0.3) is 5.56 Å². The van der Waals surface area contributed by atoms with E-state index in [2.05, 4.69) is 4.98 Å². The molecule has 0 N–H and O–H groups in total. The number of ether oxygens (including phenoxy) is 1. The van der Waals surface area contributed by atoms with E-state index < -0.39 is 5.82 Å². The van der Waals surface area contributed by atoms with Crippen LogP contribution >= 0.6 is 0 Å².